The summed E-state index contributed by atoms with van der Waals surface area (Å²) in [6.07, 6.45) is 6.88. The molecule has 0 radical (unpaired) electrons. The Hall–Kier alpha value is -0.630. The third-order valence-electron chi connectivity index (χ3n) is 5.06. The van der Waals surface area contributed by atoms with Gasteiger partial charge in [-0.25, -0.2) is 0 Å². The normalized spacial score (nSPS) is 33.0. The number of nitrogens with one attached hydrogen (secondary N) is 2. The van der Waals surface area contributed by atoms with Crippen LogP contribution in [0.1, 0.15) is 39.0 Å². The standard InChI is InChI=1S/C16H30N4/c1-13-10-16(19-12-15(13)11-17)18-7-3-4-14-5-8-20(2)9-6-14/h13-16,18-19H,3-10,12H2,1-2H3. The van der Waals surface area contributed by atoms with E-state index in [0.29, 0.717) is 12.1 Å². The number of piperidine rings is 2. The van der Waals surface area contributed by atoms with Crippen molar-refractivity contribution in [2.75, 3.05) is 33.2 Å². The van der Waals surface area contributed by atoms with Gasteiger partial charge >= 0.3 is 0 Å². The lowest BCUT2D eigenvalue weighted by molar-refractivity contribution is 0.206. The number of nitrogens with zero attached hydrogens (tertiary/aromatic N) is 2. The molecule has 0 aliphatic carbocycles. The Morgan fingerprint density at radius 3 is 2.75 bits per heavy atom. The highest BCUT2D eigenvalue weighted by Crippen LogP contribution is 2.22. The van der Waals surface area contributed by atoms with Gasteiger partial charge in [-0.2, -0.15) is 5.26 Å². The Bertz CT molecular complexity index is 317. The lowest BCUT2D eigenvalue weighted by atomic mass is 9.87. The van der Waals surface area contributed by atoms with Gasteiger partial charge in [-0.1, -0.05) is 6.92 Å². The molecule has 2 saturated heterocycles. The zero-order chi connectivity index (χ0) is 14.4. The van der Waals surface area contributed by atoms with Crippen molar-refractivity contribution in [3.05, 3.63) is 0 Å². The number of likely N-dealkylation sites (tertiary alicyclic amines) is 1. The van der Waals surface area contributed by atoms with Gasteiger partial charge in [-0.05, 0) is 70.6 Å². The molecule has 0 spiro atoms. The first-order valence-electron chi connectivity index (χ1n) is 8.24. The van der Waals surface area contributed by atoms with E-state index in [4.69, 9.17) is 5.26 Å². The Morgan fingerprint density at radius 1 is 1.35 bits per heavy atom. The average molecular weight is 278 g/mol. The molecule has 0 aromatic rings. The first-order valence-corrected chi connectivity index (χ1v) is 8.24. The molecule has 0 amide bonds. The fraction of sp³-hybridized carbons (Fsp3) is 0.938. The van der Waals surface area contributed by atoms with Gasteiger partial charge in [0.05, 0.1) is 18.2 Å². The monoisotopic (exact) mass is 278 g/mol. The third kappa shape index (κ3) is 4.73. The molecule has 0 aromatic heterocycles. The summed E-state index contributed by atoms with van der Waals surface area (Å²) in [5.41, 5.74) is 0. The highest BCUT2D eigenvalue weighted by atomic mass is 15.1. The van der Waals surface area contributed by atoms with Crippen LogP contribution in [-0.2, 0) is 0 Å². The number of hydrogen-bond acceptors (Lipinski definition) is 4. The quantitative estimate of drug-likeness (QED) is 0.753. The van der Waals surface area contributed by atoms with Crippen LogP contribution in [0.3, 0.4) is 0 Å². The SMILES string of the molecule is CC1CC(NCCCC2CCN(C)CC2)NCC1C#N. The van der Waals surface area contributed by atoms with Crippen molar-refractivity contribution in [2.45, 2.75) is 45.2 Å². The van der Waals surface area contributed by atoms with E-state index in [1.54, 1.807) is 0 Å². The molecular weight excluding hydrogens is 248 g/mol. The maximum atomic E-state index is 9.01. The van der Waals surface area contributed by atoms with Crippen molar-refractivity contribution in [2.24, 2.45) is 17.8 Å². The molecule has 0 saturated carbocycles. The maximum absolute atomic E-state index is 9.01. The van der Waals surface area contributed by atoms with Gasteiger partial charge < -0.3 is 15.5 Å². The molecular formula is C16H30N4. The second-order valence-corrected chi connectivity index (χ2v) is 6.75. The summed E-state index contributed by atoms with van der Waals surface area (Å²) in [4.78, 5) is 2.44. The molecule has 3 unspecified atom stereocenters. The largest absolute Gasteiger partial charge is 0.306 e. The number of hydrogen-bond donors (Lipinski definition) is 2. The van der Waals surface area contributed by atoms with Gasteiger partial charge in [-0.15, -0.1) is 0 Å². The second-order valence-electron chi connectivity index (χ2n) is 6.75. The van der Waals surface area contributed by atoms with Crippen molar-refractivity contribution in [3.63, 3.8) is 0 Å². The molecule has 2 rings (SSSR count). The van der Waals surface area contributed by atoms with Crippen LogP contribution < -0.4 is 10.6 Å². The first kappa shape index (κ1) is 15.8. The van der Waals surface area contributed by atoms with Gasteiger partial charge in [0, 0.05) is 6.54 Å². The van der Waals surface area contributed by atoms with E-state index in [2.05, 4.69) is 35.6 Å². The van der Waals surface area contributed by atoms with Gasteiger partial charge in [0.25, 0.3) is 0 Å². The van der Waals surface area contributed by atoms with Crippen molar-refractivity contribution in [1.29, 1.82) is 5.26 Å². The molecule has 2 aliphatic heterocycles. The van der Waals surface area contributed by atoms with E-state index in [0.717, 1.165) is 25.4 Å². The zero-order valence-electron chi connectivity index (χ0n) is 13.1. The molecule has 114 valence electrons. The predicted molar refractivity (Wildman–Crippen MR) is 82.1 cm³/mol. The summed E-state index contributed by atoms with van der Waals surface area (Å²) in [7, 11) is 2.22. The summed E-state index contributed by atoms with van der Waals surface area (Å²) in [6.45, 7) is 6.69. The van der Waals surface area contributed by atoms with Crippen LogP contribution in [0.5, 0.6) is 0 Å². The summed E-state index contributed by atoms with van der Waals surface area (Å²) in [5, 5.41) is 16.1. The van der Waals surface area contributed by atoms with Crippen LogP contribution in [0.4, 0.5) is 0 Å². The van der Waals surface area contributed by atoms with E-state index in [1.807, 2.05) is 0 Å². The fourth-order valence-corrected chi connectivity index (χ4v) is 3.44. The Morgan fingerprint density at radius 2 is 2.10 bits per heavy atom. The van der Waals surface area contributed by atoms with Crippen LogP contribution in [0.15, 0.2) is 0 Å². The van der Waals surface area contributed by atoms with Gasteiger partial charge in [-0.3, -0.25) is 0 Å². The highest BCUT2D eigenvalue weighted by molar-refractivity contribution is 4.93. The minimum atomic E-state index is 0.187. The Balaban J connectivity index is 1.54. The van der Waals surface area contributed by atoms with Crippen LogP contribution in [0.25, 0.3) is 0 Å². The van der Waals surface area contributed by atoms with Crippen LogP contribution in [0, 0.1) is 29.1 Å². The van der Waals surface area contributed by atoms with Crippen LogP contribution >= 0.6 is 0 Å². The van der Waals surface area contributed by atoms with Crippen molar-refractivity contribution < 1.29 is 0 Å². The lowest BCUT2D eigenvalue weighted by Gasteiger charge is -2.32. The predicted octanol–water partition coefficient (Wildman–Crippen LogP) is 1.79. The van der Waals surface area contributed by atoms with Crippen molar-refractivity contribution in [3.8, 4) is 6.07 Å². The van der Waals surface area contributed by atoms with Gasteiger partial charge in [0.15, 0.2) is 0 Å². The van der Waals surface area contributed by atoms with Gasteiger partial charge in [0.1, 0.15) is 0 Å². The molecule has 20 heavy (non-hydrogen) atoms. The smallest absolute Gasteiger partial charge is 0.0672 e. The minimum absolute atomic E-state index is 0.187. The molecule has 2 heterocycles. The van der Waals surface area contributed by atoms with E-state index in [-0.39, 0.29) is 5.92 Å². The zero-order valence-corrected chi connectivity index (χ0v) is 13.1. The third-order valence-corrected chi connectivity index (χ3v) is 5.06. The average Bonchev–Trinajstić information content (AvgIpc) is 2.46. The molecule has 2 N–H and O–H groups in total. The van der Waals surface area contributed by atoms with E-state index in [1.165, 1.54) is 38.8 Å². The molecule has 3 atom stereocenters. The summed E-state index contributed by atoms with van der Waals surface area (Å²) < 4.78 is 0. The molecule has 0 aromatic carbocycles. The number of nitriles is 1. The van der Waals surface area contributed by atoms with Crippen molar-refractivity contribution >= 4 is 0 Å². The Labute approximate surface area is 123 Å². The number of rotatable bonds is 5. The molecule has 4 heteroatoms. The van der Waals surface area contributed by atoms with Crippen LogP contribution in [-0.4, -0.2) is 44.3 Å². The topological polar surface area (TPSA) is 51.1 Å². The lowest BCUT2D eigenvalue weighted by Crippen LogP contribution is -2.50. The van der Waals surface area contributed by atoms with Crippen molar-refractivity contribution in [1.82, 2.24) is 15.5 Å². The second kappa shape index (κ2) is 7.97. The first-order chi connectivity index (χ1) is 9.69. The highest BCUT2D eigenvalue weighted by Gasteiger charge is 2.26. The summed E-state index contributed by atoms with van der Waals surface area (Å²) >= 11 is 0. The van der Waals surface area contributed by atoms with E-state index >= 15 is 0 Å². The summed E-state index contributed by atoms with van der Waals surface area (Å²) in [6, 6.07) is 2.39. The van der Waals surface area contributed by atoms with E-state index in [9.17, 15) is 0 Å². The van der Waals surface area contributed by atoms with E-state index < -0.39 is 0 Å². The fourth-order valence-electron chi connectivity index (χ4n) is 3.44. The van der Waals surface area contributed by atoms with Gasteiger partial charge in [0.2, 0.25) is 0 Å². The molecule has 0 bridgehead atoms. The maximum Gasteiger partial charge on any atom is 0.0672 e. The van der Waals surface area contributed by atoms with Crippen LogP contribution in [0.2, 0.25) is 0 Å². The minimum Gasteiger partial charge on any atom is -0.306 e. The molecule has 4 nitrogen and oxygen atoms in total. The Kier molecular flexibility index (Phi) is 6.28. The molecule has 2 aliphatic rings. The molecule has 2 fully saturated rings. The summed E-state index contributed by atoms with van der Waals surface area (Å²) in [5.74, 6) is 1.63.